The predicted octanol–water partition coefficient (Wildman–Crippen LogP) is 9.53. The molecule has 0 amide bonds. The van der Waals surface area contributed by atoms with E-state index in [1.165, 1.54) is 12.1 Å². The van der Waals surface area contributed by atoms with Crippen LogP contribution >= 0.6 is 69.1 Å². The van der Waals surface area contributed by atoms with E-state index in [1.807, 2.05) is 7.05 Å². The Balaban J connectivity index is 0.863. The minimum Gasteiger partial charge on any atom is -0.451 e. The topological polar surface area (TPSA) is 192 Å². The summed E-state index contributed by atoms with van der Waals surface area (Å²) >= 11 is 27.0. The van der Waals surface area contributed by atoms with Crippen molar-refractivity contribution in [3.05, 3.63) is 80.0 Å². The number of aromatic nitrogens is 4. The van der Waals surface area contributed by atoms with Crippen LogP contribution in [0.15, 0.2) is 65.8 Å². The lowest BCUT2D eigenvalue weighted by atomic mass is 10.3. The van der Waals surface area contributed by atoms with Gasteiger partial charge in [-0.25, -0.2) is 9.36 Å². The van der Waals surface area contributed by atoms with Crippen molar-refractivity contribution in [2.45, 2.75) is 34.5 Å². The number of hydrogen-bond acceptors (Lipinski definition) is 13. The second-order valence-electron chi connectivity index (χ2n) is 13.1. The van der Waals surface area contributed by atoms with Crippen molar-refractivity contribution < 1.29 is 44.2 Å². The molecule has 2 N–H and O–H groups in total. The molecule has 0 aliphatic carbocycles. The Hall–Kier alpha value is -3.28. The van der Waals surface area contributed by atoms with E-state index in [-0.39, 0.29) is 32.8 Å². The summed E-state index contributed by atoms with van der Waals surface area (Å²) in [5, 5.41) is 10.9. The molecule has 8 aromatic rings. The minimum absolute atomic E-state index is 0.112. The largest absolute Gasteiger partial charge is 0.451 e. The van der Waals surface area contributed by atoms with Gasteiger partial charge in [-0.05, 0) is 56.3 Å². The molecule has 0 unspecified atom stereocenters. The molecule has 2 aromatic carbocycles. The zero-order valence-electron chi connectivity index (χ0n) is 29.8. The van der Waals surface area contributed by atoms with Crippen LogP contribution in [-0.2, 0) is 42.9 Å². The first-order chi connectivity index (χ1) is 27.6. The molecule has 0 saturated carbocycles. The quantitative estimate of drug-likeness (QED) is 0.0688. The lowest BCUT2D eigenvalue weighted by molar-refractivity contribution is 0.0987. The highest BCUT2D eigenvalue weighted by molar-refractivity contribution is 7.88. The molecule has 0 atom stereocenters. The van der Waals surface area contributed by atoms with Gasteiger partial charge in [0.25, 0.3) is 0 Å². The first-order valence-electron chi connectivity index (χ1n) is 17.1. The number of thiophene rings is 2. The molecule has 0 aliphatic rings. The van der Waals surface area contributed by atoms with E-state index < -0.39 is 20.2 Å². The molecule has 0 saturated heterocycles. The molecule has 0 spiro atoms. The van der Waals surface area contributed by atoms with Gasteiger partial charge in [-0.15, -0.1) is 22.7 Å². The first-order valence-corrected chi connectivity index (χ1v) is 23.2. The zero-order chi connectivity index (χ0) is 41.1. The standard InChI is InChI=1S/C35H29Cl4N5O10S4/c1-42(8-2-10-51-16-22-32-30(34-26(53-32)14-28(55-34)57(45,46)47)43(40-22)24-6-4-18(36)12-20(24)38)9-3-11-52-17-23-33-31(35-27(54-33)15-29(56-35)58(48,49)50)44(41-23)25-7-5-19(37)13-21(25)39/h4-7,12-15H,2-3,8-11,16-17H2,1H3,(H,45,46,47)(H,48,49,50). The highest BCUT2D eigenvalue weighted by atomic mass is 35.5. The summed E-state index contributed by atoms with van der Waals surface area (Å²) < 4.78 is 94.1. The van der Waals surface area contributed by atoms with E-state index >= 15 is 0 Å². The molecular weight excluding hydrogens is 920 g/mol. The molecule has 0 aliphatic heterocycles. The van der Waals surface area contributed by atoms with Crippen LogP contribution in [0.3, 0.4) is 0 Å². The molecule has 58 heavy (non-hydrogen) atoms. The van der Waals surface area contributed by atoms with E-state index in [9.17, 15) is 25.9 Å². The van der Waals surface area contributed by atoms with Crippen molar-refractivity contribution in [3.63, 3.8) is 0 Å². The van der Waals surface area contributed by atoms with Crippen molar-refractivity contribution in [2.24, 2.45) is 0 Å². The number of nitrogens with zero attached hydrogens (tertiary/aromatic N) is 5. The van der Waals surface area contributed by atoms with Crippen LogP contribution < -0.4 is 0 Å². The third-order valence-corrected chi connectivity index (χ3v) is 14.9. The molecule has 23 heteroatoms. The van der Waals surface area contributed by atoms with Crippen LogP contribution in [0.1, 0.15) is 24.2 Å². The van der Waals surface area contributed by atoms with Gasteiger partial charge in [0, 0.05) is 48.5 Å². The maximum absolute atomic E-state index is 11.8. The van der Waals surface area contributed by atoms with Crippen LogP contribution in [0, 0.1) is 0 Å². The summed E-state index contributed by atoms with van der Waals surface area (Å²) in [4.78, 5) is 2.15. The first kappa shape index (κ1) is 41.5. The summed E-state index contributed by atoms with van der Waals surface area (Å²) in [5.41, 5.74) is 4.32. The molecule has 0 radical (unpaired) electrons. The highest BCUT2D eigenvalue weighted by Crippen LogP contribution is 2.42. The third-order valence-electron chi connectivity index (χ3n) is 8.94. The Kier molecular flexibility index (Phi) is 11.6. The predicted molar refractivity (Wildman–Crippen MR) is 223 cm³/mol. The average molecular weight is 950 g/mol. The van der Waals surface area contributed by atoms with Crippen molar-refractivity contribution in [3.8, 4) is 11.4 Å². The second-order valence-corrected chi connectivity index (χ2v) is 20.1. The highest BCUT2D eigenvalue weighted by Gasteiger charge is 2.27. The molecule has 15 nitrogen and oxygen atoms in total. The van der Waals surface area contributed by atoms with Gasteiger partial charge >= 0.3 is 20.2 Å². The van der Waals surface area contributed by atoms with E-state index in [1.54, 1.807) is 45.8 Å². The fraction of sp³-hybridized carbons (Fsp3) is 0.257. The Labute approximate surface area is 357 Å². The lowest BCUT2D eigenvalue weighted by Crippen LogP contribution is -2.23. The van der Waals surface area contributed by atoms with Crippen LogP contribution in [-0.4, -0.2) is 83.8 Å². The van der Waals surface area contributed by atoms with E-state index in [2.05, 4.69) is 4.90 Å². The molecular formula is C35H29Cl4N5O10S4. The minimum atomic E-state index is -4.44. The Morgan fingerprint density at radius 2 is 1.10 bits per heavy atom. The zero-order valence-corrected chi connectivity index (χ0v) is 36.1. The average Bonchev–Trinajstić information content (AvgIpc) is 3.97. The van der Waals surface area contributed by atoms with Gasteiger partial charge in [0.1, 0.15) is 43.0 Å². The Morgan fingerprint density at radius 3 is 1.48 bits per heavy atom. The normalized spacial score (nSPS) is 12.8. The van der Waals surface area contributed by atoms with Gasteiger partial charge in [-0.2, -0.15) is 27.0 Å². The Bertz CT molecular complexity index is 2870. The maximum atomic E-state index is 11.8. The fourth-order valence-electron chi connectivity index (χ4n) is 6.34. The summed E-state index contributed by atoms with van der Waals surface area (Å²) in [6, 6.07) is 12.4. The van der Waals surface area contributed by atoms with Crippen LogP contribution in [0.2, 0.25) is 20.1 Å². The van der Waals surface area contributed by atoms with Crippen molar-refractivity contribution in [1.82, 2.24) is 24.5 Å². The smallest absolute Gasteiger partial charge is 0.304 e. The van der Waals surface area contributed by atoms with Gasteiger partial charge in [0.15, 0.2) is 19.6 Å². The van der Waals surface area contributed by atoms with Gasteiger partial charge in [-0.1, -0.05) is 46.4 Å². The summed E-state index contributed by atoms with van der Waals surface area (Å²) in [7, 11) is -6.89. The number of hydrogen-bond donors (Lipinski definition) is 2. The monoisotopic (exact) mass is 947 g/mol. The van der Waals surface area contributed by atoms with Gasteiger partial charge in [-0.3, -0.25) is 9.11 Å². The molecule has 6 heterocycles. The fourth-order valence-corrected chi connectivity index (χ4v) is 10.9. The third kappa shape index (κ3) is 8.25. The molecule has 6 aromatic heterocycles. The molecule has 0 bridgehead atoms. The van der Waals surface area contributed by atoms with Gasteiger partial charge < -0.3 is 23.2 Å². The number of furan rings is 2. The maximum Gasteiger partial charge on any atom is 0.304 e. The molecule has 8 rings (SSSR count). The van der Waals surface area contributed by atoms with Crippen LogP contribution in [0.25, 0.3) is 54.1 Å². The van der Waals surface area contributed by atoms with Crippen LogP contribution in [0.5, 0.6) is 0 Å². The van der Waals surface area contributed by atoms with Crippen molar-refractivity contribution in [2.75, 3.05) is 33.4 Å². The number of ether oxygens (including phenoxy) is 2. The Morgan fingerprint density at radius 1 is 0.690 bits per heavy atom. The summed E-state index contributed by atoms with van der Waals surface area (Å²) in [6.07, 6.45) is 1.43. The van der Waals surface area contributed by atoms with Crippen molar-refractivity contribution in [1.29, 1.82) is 0 Å². The second kappa shape index (κ2) is 16.3. The van der Waals surface area contributed by atoms with Crippen molar-refractivity contribution >= 4 is 132 Å². The SMILES string of the molecule is CN(CCCOCc1nn(-c2ccc(Cl)cc2Cl)c2c1oc1cc(S(=O)(=O)O)sc12)CCCOCc1nn(-c2ccc(Cl)cc2Cl)c2c1oc1cc(S(=O)(=O)O)sc12. The van der Waals surface area contributed by atoms with E-state index in [0.29, 0.717) is 101 Å². The van der Waals surface area contributed by atoms with Crippen LogP contribution in [0.4, 0.5) is 0 Å². The number of rotatable bonds is 16. The van der Waals surface area contributed by atoms with Gasteiger partial charge in [0.05, 0.1) is 34.6 Å². The molecule has 0 fully saturated rings. The number of fused-ring (bicyclic) bond motifs is 6. The van der Waals surface area contributed by atoms with E-state index in [4.69, 9.17) is 74.9 Å². The summed E-state index contributed by atoms with van der Waals surface area (Å²) in [5.74, 6) is 0. The number of halogens is 4. The van der Waals surface area contributed by atoms with Gasteiger partial charge in [0.2, 0.25) is 0 Å². The van der Waals surface area contributed by atoms with E-state index in [0.717, 1.165) is 35.8 Å². The molecule has 306 valence electrons. The lowest BCUT2D eigenvalue weighted by Gasteiger charge is -2.16. The number of benzene rings is 2. The summed E-state index contributed by atoms with van der Waals surface area (Å²) in [6.45, 7) is 2.53.